The number of hydrogen-bond acceptors (Lipinski definition) is 2. The maximum atomic E-state index is 12.2. The van der Waals surface area contributed by atoms with Crippen LogP contribution in [-0.4, -0.2) is 5.97 Å². The zero-order valence-electron chi connectivity index (χ0n) is 18.8. The summed E-state index contributed by atoms with van der Waals surface area (Å²) in [6.07, 6.45) is 19.9. The fourth-order valence-corrected chi connectivity index (χ4v) is 4.58. The highest BCUT2D eigenvalue weighted by atomic mass is 16.5. The minimum absolute atomic E-state index is 0.102. The third kappa shape index (κ3) is 9.65. The molecule has 0 bridgehead atoms. The third-order valence-corrected chi connectivity index (χ3v) is 6.35. The molecule has 0 aliphatic heterocycles. The maximum Gasteiger partial charge on any atom is 0.311 e. The second-order valence-electron chi connectivity index (χ2n) is 8.79. The van der Waals surface area contributed by atoms with Gasteiger partial charge >= 0.3 is 5.97 Å². The fourth-order valence-electron chi connectivity index (χ4n) is 4.58. The highest BCUT2D eigenvalue weighted by Gasteiger charge is 2.21. The Morgan fingerprint density at radius 2 is 1.76 bits per heavy atom. The first kappa shape index (κ1) is 23.7. The van der Waals surface area contributed by atoms with Gasteiger partial charge in [-0.2, -0.15) is 0 Å². The molecule has 0 saturated carbocycles. The molecule has 1 aromatic rings. The van der Waals surface area contributed by atoms with Crippen molar-refractivity contribution < 1.29 is 9.53 Å². The van der Waals surface area contributed by atoms with Gasteiger partial charge in [-0.3, -0.25) is 4.79 Å². The molecule has 1 aromatic carbocycles. The summed E-state index contributed by atoms with van der Waals surface area (Å²) in [6, 6.07) is 9.42. The summed E-state index contributed by atoms with van der Waals surface area (Å²) in [6.45, 7) is 4.53. The second-order valence-corrected chi connectivity index (χ2v) is 8.79. The van der Waals surface area contributed by atoms with Crippen molar-refractivity contribution in [1.29, 1.82) is 0 Å². The van der Waals surface area contributed by atoms with Crippen LogP contribution in [-0.2, 0) is 4.79 Å². The lowest BCUT2D eigenvalue weighted by molar-refractivity contribution is -0.134. The predicted molar refractivity (Wildman–Crippen MR) is 123 cm³/mol. The summed E-state index contributed by atoms with van der Waals surface area (Å²) in [5.74, 6) is 1.99. The van der Waals surface area contributed by atoms with E-state index in [4.69, 9.17) is 4.74 Å². The van der Waals surface area contributed by atoms with Gasteiger partial charge in [-0.25, -0.2) is 0 Å². The minimum Gasteiger partial charge on any atom is -0.427 e. The number of hydrogen-bond donors (Lipinski definition) is 0. The first-order valence-electron chi connectivity index (χ1n) is 12.2. The normalized spacial score (nSPS) is 17.6. The van der Waals surface area contributed by atoms with E-state index in [1.54, 1.807) is 5.57 Å². The third-order valence-electron chi connectivity index (χ3n) is 6.35. The average molecular weight is 399 g/mol. The lowest BCUT2D eigenvalue weighted by Crippen LogP contribution is -2.15. The van der Waals surface area contributed by atoms with Gasteiger partial charge in [-0.05, 0) is 56.1 Å². The van der Waals surface area contributed by atoms with Crippen LogP contribution in [0.3, 0.4) is 0 Å². The molecule has 2 atom stereocenters. The van der Waals surface area contributed by atoms with Crippen molar-refractivity contribution >= 4 is 5.97 Å². The molecule has 2 nitrogen and oxygen atoms in total. The molecule has 0 amide bonds. The molecular formula is C27H42O2. The molecule has 0 fully saturated rings. The maximum absolute atomic E-state index is 12.2. The quantitative estimate of drug-likeness (QED) is 0.136. The van der Waals surface area contributed by atoms with Crippen LogP contribution >= 0.6 is 0 Å². The van der Waals surface area contributed by atoms with E-state index in [1.165, 1.54) is 77.0 Å². The predicted octanol–water partition coefficient (Wildman–Crippen LogP) is 8.27. The Hall–Kier alpha value is -1.57. The van der Waals surface area contributed by atoms with Crippen molar-refractivity contribution in [2.45, 2.75) is 104 Å². The number of rotatable bonds is 14. The summed E-state index contributed by atoms with van der Waals surface area (Å²) in [7, 11) is 0. The van der Waals surface area contributed by atoms with Gasteiger partial charge < -0.3 is 4.74 Å². The zero-order valence-corrected chi connectivity index (χ0v) is 18.8. The largest absolute Gasteiger partial charge is 0.427 e. The van der Waals surface area contributed by atoms with Gasteiger partial charge in [-0.1, -0.05) is 95.1 Å². The molecule has 0 spiro atoms. The molecule has 2 rings (SSSR count). The van der Waals surface area contributed by atoms with E-state index in [0.717, 1.165) is 12.3 Å². The van der Waals surface area contributed by atoms with Gasteiger partial charge in [0.05, 0.1) is 0 Å². The standard InChI is InChI=1S/C27H42O2/c1-3-5-6-7-8-10-14-23-17-19-25(20-18-23)24(13-4-2)21-22-27(28)29-26-15-11-9-12-16-26/h9,11-12,15-16,19,23-24H,3-8,10,13-14,17-18,20-22H2,1-2H3. The van der Waals surface area contributed by atoms with Crippen LogP contribution in [0.15, 0.2) is 42.0 Å². The number of ether oxygens (including phenoxy) is 1. The molecule has 1 aliphatic carbocycles. The van der Waals surface area contributed by atoms with Crippen LogP contribution in [0.4, 0.5) is 0 Å². The van der Waals surface area contributed by atoms with E-state index in [9.17, 15) is 4.79 Å². The van der Waals surface area contributed by atoms with Crippen LogP contribution in [0.25, 0.3) is 0 Å². The molecule has 2 heteroatoms. The summed E-state index contributed by atoms with van der Waals surface area (Å²) in [4.78, 5) is 12.2. The van der Waals surface area contributed by atoms with E-state index < -0.39 is 0 Å². The summed E-state index contributed by atoms with van der Waals surface area (Å²) >= 11 is 0. The summed E-state index contributed by atoms with van der Waals surface area (Å²) in [5, 5.41) is 0. The van der Waals surface area contributed by atoms with Gasteiger partial charge in [0.2, 0.25) is 0 Å². The number of carbonyl (C=O) groups is 1. The van der Waals surface area contributed by atoms with Crippen molar-refractivity contribution in [3.05, 3.63) is 42.0 Å². The van der Waals surface area contributed by atoms with Crippen LogP contribution in [0.1, 0.15) is 104 Å². The van der Waals surface area contributed by atoms with Gasteiger partial charge in [0.1, 0.15) is 5.75 Å². The lowest BCUT2D eigenvalue weighted by atomic mass is 9.79. The van der Waals surface area contributed by atoms with Crippen molar-refractivity contribution in [3.8, 4) is 5.75 Å². The molecule has 1 aliphatic rings. The van der Waals surface area contributed by atoms with E-state index in [0.29, 0.717) is 18.1 Å². The molecule has 2 unspecified atom stereocenters. The van der Waals surface area contributed by atoms with Crippen LogP contribution in [0, 0.1) is 11.8 Å². The minimum atomic E-state index is -0.102. The van der Waals surface area contributed by atoms with E-state index in [-0.39, 0.29) is 5.97 Å². The van der Waals surface area contributed by atoms with Gasteiger partial charge in [0.15, 0.2) is 0 Å². The first-order chi connectivity index (χ1) is 14.2. The second kappa shape index (κ2) is 14.4. The molecule has 0 heterocycles. The van der Waals surface area contributed by atoms with Crippen LogP contribution in [0.2, 0.25) is 0 Å². The Morgan fingerprint density at radius 3 is 2.45 bits per heavy atom. The number of esters is 1. The summed E-state index contributed by atoms with van der Waals surface area (Å²) < 4.78 is 5.47. The molecular weight excluding hydrogens is 356 g/mol. The molecule has 0 aromatic heterocycles. The van der Waals surface area contributed by atoms with Crippen molar-refractivity contribution in [3.63, 3.8) is 0 Å². The number of carbonyl (C=O) groups excluding carboxylic acids is 1. The molecule has 29 heavy (non-hydrogen) atoms. The van der Waals surface area contributed by atoms with E-state index in [2.05, 4.69) is 19.9 Å². The van der Waals surface area contributed by atoms with Crippen LogP contribution in [0.5, 0.6) is 5.75 Å². The van der Waals surface area contributed by atoms with Crippen LogP contribution < -0.4 is 4.74 Å². The number of benzene rings is 1. The average Bonchev–Trinajstić information content (AvgIpc) is 2.75. The van der Waals surface area contributed by atoms with E-state index >= 15 is 0 Å². The molecule has 0 radical (unpaired) electrons. The van der Waals surface area contributed by atoms with Gasteiger partial charge in [0.25, 0.3) is 0 Å². The van der Waals surface area contributed by atoms with Crippen molar-refractivity contribution in [1.82, 2.24) is 0 Å². The molecule has 162 valence electrons. The van der Waals surface area contributed by atoms with E-state index in [1.807, 2.05) is 30.3 Å². The SMILES string of the molecule is CCCCCCCCC1CC=C(C(CCC)CCC(=O)Oc2ccccc2)CC1. The van der Waals surface area contributed by atoms with Crippen molar-refractivity contribution in [2.24, 2.45) is 11.8 Å². The lowest BCUT2D eigenvalue weighted by Gasteiger charge is -2.27. The Balaban J connectivity index is 1.71. The smallest absolute Gasteiger partial charge is 0.311 e. The Bertz CT molecular complexity index is 590. The number of para-hydroxylation sites is 1. The Morgan fingerprint density at radius 1 is 1.00 bits per heavy atom. The summed E-state index contributed by atoms with van der Waals surface area (Å²) in [5.41, 5.74) is 1.61. The highest BCUT2D eigenvalue weighted by molar-refractivity contribution is 5.72. The van der Waals surface area contributed by atoms with Gasteiger partial charge in [0, 0.05) is 6.42 Å². The highest BCUT2D eigenvalue weighted by Crippen LogP contribution is 2.35. The monoisotopic (exact) mass is 398 g/mol. The molecule has 0 saturated heterocycles. The zero-order chi connectivity index (χ0) is 20.7. The number of allylic oxidation sites excluding steroid dienone is 2. The number of unbranched alkanes of at least 4 members (excludes halogenated alkanes) is 5. The van der Waals surface area contributed by atoms with Gasteiger partial charge in [-0.15, -0.1) is 0 Å². The molecule has 0 N–H and O–H groups in total. The Kier molecular flexibility index (Phi) is 11.8. The Labute approximate surface area is 179 Å². The van der Waals surface area contributed by atoms with Crippen molar-refractivity contribution in [2.75, 3.05) is 0 Å². The topological polar surface area (TPSA) is 26.3 Å². The first-order valence-corrected chi connectivity index (χ1v) is 12.2. The fraction of sp³-hybridized carbons (Fsp3) is 0.667.